The molecule has 0 aromatic heterocycles. The van der Waals surface area contributed by atoms with E-state index in [1.165, 1.54) is 0 Å². The summed E-state index contributed by atoms with van der Waals surface area (Å²) in [5, 5.41) is 0. The Bertz CT molecular complexity index is 986. The van der Waals surface area contributed by atoms with Crippen molar-refractivity contribution >= 4 is 5.57 Å². The highest BCUT2D eigenvalue weighted by Crippen LogP contribution is 2.49. The maximum atomic E-state index is 6.42. The van der Waals surface area contributed by atoms with Gasteiger partial charge in [0.15, 0.2) is 0 Å². The lowest BCUT2D eigenvalue weighted by atomic mass is 9.63. The number of nitrogens with two attached hydrogens (primary N) is 2. The number of rotatable bonds is 5. The second-order valence-electron chi connectivity index (χ2n) is 7.04. The van der Waals surface area contributed by atoms with Crippen LogP contribution in [-0.4, -0.2) is 0 Å². The van der Waals surface area contributed by atoms with E-state index in [-0.39, 0.29) is 0 Å². The van der Waals surface area contributed by atoms with Crippen molar-refractivity contribution in [3.05, 3.63) is 149 Å². The number of allylic oxidation sites excluding steroid dienone is 1. The predicted octanol–water partition coefficient (Wildman–Crippen LogP) is 5.31. The fourth-order valence-corrected chi connectivity index (χ4v) is 4.20. The SMILES string of the molecule is NC(N)=C(c1ccccc1)C(c1ccccc1)(c1ccccc1)c1ccccc1. The Kier molecular flexibility index (Phi) is 5.17. The van der Waals surface area contributed by atoms with Crippen molar-refractivity contribution in [2.75, 3.05) is 0 Å². The van der Waals surface area contributed by atoms with Crippen LogP contribution in [0.1, 0.15) is 22.3 Å². The molecule has 0 aliphatic carbocycles. The van der Waals surface area contributed by atoms with Crippen molar-refractivity contribution in [2.45, 2.75) is 5.41 Å². The second-order valence-corrected chi connectivity index (χ2v) is 7.04. The molecule has 0 saturated carbocycles. The second kappa shape index (κ2) is 8.07. The first kappa shape index (κ1) is 18.6. The molecule has 0 aliphatic rings. The van der Waals surface area contributed by atoms with Gasteiger partial charge in [0, 0.05) is 5.57 Å². The van der Waals surface area contributed by atoms with Crippen molar-refractivity contribution in [1.29, 1.82) is 0 Å². The molecule has 0 bridgehead atoms. The van der Waals surface area contributed by atoms with Crippen LogP contribution in [0.4, 0.5) is 0 Å². The van der Waals surface area contributed by atoms with Crippen molar-refractivity contribution in [2.24, 2.45) is 11.5 Å². The van der Waals surface area contributed by atoms with E-state index in [0.29, 0.717) is 5.82 Å². The fourth-order valence-electron chi connectivity index (χ4n) is 4.20. The van der Waals surface area contributed by atoms with Crippen LogP contribution < -0.4 is 11.5 Å². The summed E-state index contributed by atoms with van der Waals surface area (Å²) in [6.07, 6.45) is 0. The molecule has 4 aromatic rings. The van der Waals surface area contributed by atoms with Gasteiger partial charge in [0.05, 0.1) is 11.2 Å². The van der Waals surface area contributed by atoms with Crippen molar-refractivity contribution in [3.63, 3.8) is 0 Å². The summed E-state index contributed by atoms with van der Waals surface area (Å²) in [6.45, 7) is 0. The van der Waals surface area contributed by atoms with Crippen LogP contribution in [0, 0.1) is 0 Å². The molecule has 29 heavy (non-hydrogen) atoms. The van der Waals surface area contributed by atoms with Gasteiger partial charge in [0.25, 0.3) is 0 Å². The molecule has 0 atom stereocenters. The summed E-state index contributed by atoms with van der Waals surface area (Å²) < 4.78 is 0. The molecule has 0 unspecified atom stereocenters. The van der Waals surface area contributed by atoms with E-state index in [2.05, 4.69) is 84.9 Å². The van der Waals surface area contributed by atoms with E-state index in [1.807, 2.05) is 36.4 Å². The highest BCUT2D eigenvalue weighted by atomic mass is 14.8. The zero-order valence-corrected chi connectivity index (χ0v) is 16.2. The summed E-state index contributed by atoms with van der Waals surface area (Å²) >= 11 is 0. The molecule has 0 spiro atoms. The summed E-state index contributed by atoms with van der Waals surface area (Å²) in [5.74, 6) is 0.313. The van der Waals surface area contributed by atoms with E-state index >= 15 is 0 Å². The molecule has 0 saturated heterocycles. The minimum absolute atomic E-state index is 0.313. The molecule has 4 rings (SSSR count). The van der Waals surface area contributed by atoms with Gasteiger partial charge in [-0.2, -0.15) is 0 Å². The summed E-state index contributed by atoms with van der Waals surface area (Å²) in [6, 6.07) is 41.5. The summed E-state index contributed by atoms with van der Waals surface area (Å²) in [7, 11) is 0. The topological polar surface area (TPSA) is 52.0 Å². The highest BCUT2D eigenvalue weighted by molar-refractivity contribution is 5.85. The van der Waals surface area contributed by atoms with E-state index in [0.717, 1.165) is 27.8 Å². The van der Waals surface area contributed by atoms with Gasteiger partial charge >= 0.3 is 0 Å². The van der Waals surface area contributed by atoms with Crippen LogP contribution >= 0.6 is 0 Å². The van der Waals surface area contributed by atoms with Gasteiger partial charge < -0.3 is 11.5 Å². The maximum absolute atomic E-state index is 6.42. The van der Waals surface area contributed by atoms with Crippen LogP contribution in [0.3, 0.4) is 0 Å². The predicted molar refractivity (Wildman–Crippen MR) is 121 cm³/mol. The first-order valence-corrected chi connectivity index (χ1v) is 9.72. The average Bonchev–Trinajstić information content (AvgIpc) is 2.79. The van der Waals surface area contributed by atoms with E-state index < -0.39 is 5.41 Å². The smallest absolute Gasteiger partial charge is 0.0988 e. The summed E-state index contributed by atoms with van der Waals surface area (Å²) in [5.41, 5.74) is 17.4. The van der Waals surface area contributed by atoms with Gasteiger partial charge in [-0.05, 0) is 22.3 Å². The van der Waals surface area contributed by atoms with Gasteiger partial charge in [-0.3, -0.25) is 0 Å². The molecule has 0 amide bonds. The Balaban J connectivity index is 2.18. The fraction of sp³-hybridized carbons (Fsp3) is 0.0370. The summed E-state index contributed by atoms with van der Waals surface area (Å²) in [4.78, 5) is 0. The Morgan fingerprint density at radius 2 is 0.759 bits per heavy atom. The van der Waals surface area contributed by atoms with Gasteiger partial charge in [-0.1, -0.05) is 121 Å². The third kappa shape index (κ3) is 3.30. The zero-order valence-electron chi connectivity index (χ0n) is 16.2. The van der Waals surface area contributed by atoms with Crippen molar-refractivity contribution in [1.82, 2.24) is 0 Å². The third-order valence-electron chi connectivity index (χ3n) is 5.35. The molecule has 4 N–H and O–H groups in total. The minimum atomic E-state index is -0.649. The van der Waals surface area contributed by atoms with Crippen LogP contribution in [0.5, 0.6) is 0 Å². The first-order valence-electron chi connectivity index (χ1n) is 9.72. The lowest BCUT2D eigenvalue weighted by molar-refractivity contribution is 0.791. The van der Waals surface area contributed by atoms with E-state index in [9.17, 15) is 0 Å². The van der Waals surface area contributed by atoms with Crippen LogP contribution in [0.2, 0.25) is 0 Å². The Hall–Kier alpha value is -3.78. The van der Waals surface area contributed by atoms with Gasteiger partial charge in [-0.25, -0.2) is 0 Å². The molecule has 0 fully saturated rings. The van der Waals surface area contributed by atoms with Crippen molar-refractivity contribution in [3.8, 4) is 0 Å². The molecule has 0 heterocycles. The third-order valence-corrected chi connectivity index (χ3v) is 5.35. The van der Waals surface area contributed by atoms with E-state index in [1.54, 1.807) is 0 Å². The molecule has 4 aromatic carbocycles. The standard InChI is InChI=1S/C27H24N2/c28-26(29)25(21-13-5-1-6-14-21)27(22-15-7-2-8-16-22,23-17-9-3-10-18-23)24-19-11-4-12-20-24/h1-20H,28-29H2. The first-order chi connectivity index (χ1) is 14.2. The monoisotopic (exact) mass is 376 g/mol. The normalized spacial score (nSPS) is 11.0. The van der Waals surface area contributed by atoms with Crippen LogP contribution in [0.15, 0.2) is 127 Å². The molecular weight excluding hydrogens is 352 g/mol. The Labute approximate surface area is 172 Å². The zero-order chi connectivity index (χ0) is 20.1. The number of hydrogen-bond donors (Lipinski definition) is 2. The molecule has 0 aliphatic heterocycles. The molecule has 2 heteroatoms. The van der Waals surface area contributed by atoms with Gasteiger partial charge in [-0.15, -0.1) is 0 Å². The quantitative estimate of drug-likeness (QED) is 0.464. The largest absolute Gasteiger partial charge is 0.385 e. The minimum Gasteiger partial charge on any atom is -0.385 e. The molecule has 142 valence electrons. The molecule has 2 nitrogen and oxygen atoms in total. The lowest BCUT2D eigenvalue weighted by Crippen LogP contribution is -2.34. The highest BCUT2D eigenvalue weighted by Gasteiger charge is 2.41. The average molecular weight is 377 g/mol. The number of benzene rings is 4. The van der Waals surface area contributed by atoms with Gasteiger partial charge in [0.2, 0.25) is 0 Å². The Morgan fingerprint density at radius 3 is 1.07 bits per heavy atom. The lowest BCUT2D eigenvalue weighted by Gasteiger charge is -2.39. The molecule has 0 radical (unpaired) electrons. The molecular formula is C27H24N2. The van der Waals surface area contributed by atoms with Crippen molar-refractivity contribution < 1.29 is 0 Å². The van der Waals surface area contributed by atoms with Gasteiger partial charge in [0.1, 0.15) is 0 Å². The number of hydrogen-bond acceptors (Lipinski definition) is 2. The van der Waals surface area contributed by atoms with Crippen LogP contribution in [-0.2, 0) is 5.41 Å². The van der Waals surface area contributed by atoms with E-state index in [4.69, 9.17) is 11.5 Å². The Morgan fingerprint density at radius 1 is 0.448 bits per heavy atom. The van der Waals surface area contributed by atoms with Crippen LogP contribution in [0.25, 0.3) is 5.57 Å². The maximum Gasteiger partial charge on any atom is 0.0988 e.